The highest BCUT2D eigenvalue weighted by Gasteiger charge is 2.29. The number of nitrogens with zero attached hydrogens (tertiary/aromatic N) is 2. The zero-order valence-corrected chi connectivity index (χ0v) is 11.9. The van der Waals surface area contributed by atoms with Crippen LogP contribution in [-0.2, 0) is 0 Å². The van der Waals surface area contributed by atoms with Gasteiger partial charge in [0.2, 0.25) is 0 Å². The highest BCUT2D eigenvalue weighted by molar-refractivity contribution is 9.10. The van der Waals surface area contributed by atoms with Gasteiger partial charge in [0.1, 0.15) is 11.5 Å². The number of rotatable bonds is 2. The molecule has 0 aliphatic carbocycles. The first kappa shape index (κ1) is 14.2. The fraction of sp³-hybridized carbons (Fsp3) is 0.500. The van der Waals surface area contributed by atoms with Gasteiger partial charge in [0.25, 0.3) is 5.69 Å². The van der Waals surface area contributed by atoms with E-state index >= 15 is 0 Å². The molecule has 1 aliphatic heterocycles. The molecule has 1 fully saturated rings. The molecule has 5 nitrogen and oxygen atoms in total. The van der Waals surface area contributed by atoms with Gasteiger partial charge in [-0.05, 0) is 28.3 Å². The Morgan fingerprint density at radius 3 is 2.84 bits per heavy atom. The second-order valence-corrected chi connectivity index (χ2v) is 5.65. The Labute approximate surface area is 118 Å². The third kappa shape index (κ3) is 2.87. The predicted molar refractivity (Wildman–Crippen MR) is 72.8 cm³/mol. The molecule has 1 N–H and O–H groups in total. The molecule has 0 amide bonds. The molecule has 0 saturated carbocycles. The SMILES string of the molecule is CC1CN(c2cc(F)c(Br)cc2[N+](=O)[O-])CCC1O. The number of benzene rings is 1. The van der Waals surface area contributed by atoms with Crippen molar-refractivity contribution in [3.8, 4) is 0 Å². The largest absolute Gasteiger partial charge is 0.393 e. The van der Waals surface area contributed by atoms with Crippen molar-refractivity contribution in [2.75, 3.05) is 18.0 Å². The van der Waals surface area contributed by atoms with Gasteiger partial charge < -0.3 is 10.0 Å². The van der Waals surface area contributed by atoms with Crippen LogP contribution in [0.15, 0.2) is 16.6 Å². The van der Waals surface area contributed by atoms with Crippen molar-refractivity contribution < 1.29 is 14.4 Å². The monoisotopic (exact) mass is 332 g/mol. The van der Waals surface area contributed by atoms with Gasteiger partial charge in [-0.3, -0.25) is 10.1 Å². The molecule has 1 aliphatic rings. The van der Waals surface area contributed by atoms with E-state index < -0.39 is 16.8 Å². The summed E-state index contributed by atoms with van der Waals surface area (Å²) in [4.78, 5) is 12.3. The van der Waals surface area contributed by atoms with Gasteiger partial charge in [-0.1, -0.05) is 6.92 Å². The minimum atomic E-state index is -0.528. The van der Waals surface area contributed by atoms with Gasteiger partial charge in [0.15, 0.2) is 0 Å². The summed E-state index contributed by atoms with van der Waals surface area (Å²) in [5, 5.41) is 20.7. The predicted octanol–water partition coefficient (Wildman–Crippen LogP) is 2.70. The number of piperidine rings is 1. The Kier molecular flexibility index (Phi) is 4.05. The van der Waals surface area contributed by atoms with E-state index in [9.17, 15) is 19.6 Å². The molecule has 0 spiro atoms. The maximum absolute atomic E-state index is 13.6. The molecule has 104 valence electrons. The summed E-state index contributed by atoms with van der Waals surface area (Å²) in [6.07, 6.45) is 0.117. The topological polar surface area (TPSA) is 66.6 Å². The number of hydrogen-bond donors (Lipinski definition) is 1. The van der Waals surface area contributed by atoms with Crippen molar-refractivity contribution in [3.05, 3.63) is 32.5 Å². The maximum atomic E-state index is 13.6. The number of halogens is 2. The molecule has 2 unspecified atom stereocenters. The van der Waals surface area contributed by atoms with Crippen LogP contribution < -0.4 is 4.90 Å². The number of anilines is 1. The lowest BCUT2D eigenvalue weighted by atomic mass is 9.96. The van der Waals surface area contributed by atoms with E-state index in [1.807, 2.05) is 6.92 Å². The molecule has 1 heterocycles. The van der Waals surface area contributed by atoms with Crippen LogP contribution in [0, 0.1) is 21.8 Å². The van der Waals surface area contributed by atoms with Crippen molar-refractivity contribution in [1.29, 1.82) is 0 Å². The van der Waals surface area contributed by atoms with Gasteiger partial charge in [-0.15, -0.1) is 0 Å². The normalized spacial score (nSPS) is 23.5. The molecule has 1 aromatic rings. The van der Waals surface area contributed by atoms with Crippen molar-refractivity contribution in [3.63, 3.8) is 0 Å². The summed E-state index contributed by atoms with van der Waals surface area (Å²) >= 11 is 2.96. The Morgan fingerprint density at radius 1 is 1.58 bits per heavy atom. The summed E-state index contributed by atoms with van der Waals surface area (Å²) in [6, 6.07) is 2.35. The second-order valence-electron chi connectivity index (χ2n) is 4.79. The van der Waals surface area contributed by atoms with Gasteiger partial charge in [-0.2, -0.15) is 0 Å². The third-order valence-electron chi connectivity index (χ3n) is 3.41. The van der Waals surface area contributed by atoms with Crippen LogP contribution >= 0.6 is 15.9 Å². The van der Waals surface area contributed by atoms with E-state index in [0.717, 1.165) is 0 Å². The Hall–Kier alpha value is -1.21. The first-order valence-electron chi connectivity index (χ1n) is 5.96. The van der Waals surface area contributed by atoms with E-state index in [-0.39, 0.29) is 21.8 Å². The van der Waals surface area contributed by atoms with Gasteiger partial charge in [0, 0.05) is 25.2 Å². The second kappa shape index (κ2) is 5.42. The third-order valence-corrected chi connectivity index (χ3v) is 4.02. The van der Waals surface area contributed by atoms with Crippen LogP contribution in [0.3, 0.4) is 0 Å². The Bertz CT molecular complexity index is 512. The molecule has 0 bridgehead atoms. The van der Waals surface area contributed by atoms with E-state index in [0.29, 0.717) is 19.5 Å². The van der Waals surface area contributed by atoms with Crippen LogP contribution in [0.4, 0.5) is 15.8 Å². The molecular weight excluding hydrogens is 319 g/mol. The van der Waals surface area contributed by atoms with E-state index in [4.69, 9.17) is 0 Å². The summed E-state index contributed by atoms with van der Waals surface area (Å²) in [5.74, 6) is -0.528. The van der Waals surface area contributed by atoms with Crippen LogP contribution in [0.1, 0.15) is 13.3 Å². The highest BCUT2D eigenvalue weighted by Crippen LogP contribution is 2.35. The zero-order chi connectivity index (χ0) is 14.2. The number of nitro benzene ring substituents is 1. The van der Waals surface area contributed by atoms with Crippen molar-refractivity contribution in [2.45, 2.75) is 19.4 Å². The number of aliphatic hydroxyl groups is 1. The summed E-state index contributed by atoms with van der Waals surface area (Å²) in [5.41, 5.74) is 0.140. The summed E-state index contributed by atoms with van der Waals surface area (Å²) < 4.78 is 13.7. The Balaban J connectivity index is 2.38. The fourth-order valence-corrected chi connectivity index (χ4v) is 2.61. The fourth-order valence-electron chi connectivity index (χ4n) is 2.28. The average Bonchev–Trinajstić information content (AvgIpc) is 2.35. The van der Waals surface area contributed by atoms with E-state index in [2.05, 4.69) is 15.9 Å². The van der Waals surface area contributed by atoms with Gasteiger partial charge >= 0.3 is 0 Å². The standard InChI is InChI=1S/C12H14BrFN2O3/c1-7-6-15(3-2-12(7)17)10-5-9(14)8(13)4-11(10)16(18)19/h4-5,7,12,17H,2-3,6H2,1H3. The first-order valence-corrected chi connectivity index (χ1v) is 6.76. The number of hydrogen-bond acceptors (Lipinski definition) is 4. The molecule has 7 heteroatoms. The van der Waals surface area contributed by atoms with E-state index in [1.54, 1.807) is 4.90 Å². The number of aliphatic hydroxyl groups excluding tert-OH is 1. The molecule has 1 aromatic carbocycles. The van der Waals surface area contributed by atoms with Crippen LogP contribution in [0.5, 0.6) is 0 Å². The first-order chi connectivity index (χ1) is 8.90. The molecule has 1 saturated heterocycles. The molecule has 2 atom stereocenters. The molecular formula is C12H14BrFN2O3. The molecule has 0 aromatic heterocycles. The van der Waals surface area contributed by atoms with Crippen molar-refractivity contribution in [1.82, 2.24) is 0 Å². The smallest absolute Gasteiger partial charge is 0.293 e. The highest BCUT2D eigenvalue weighted by atomic mass is 79.9. The van der Waals surface area contributed by atoms with Crippen molar-refractivity contribution >= 4 is 27.3 Å². The lowest BCUT2D eigenvalue weighted by Crippen LogP contribution is -2.42. The van der Waals surface area contributed by atoms with Crippen LogP contribution in [0.2, 0.25) is 0 Å². The van der Waals surface area contributed by atoms with Crippen molar-refractivity contribution in [2.24, 2.45) is 5.92 Å². The van der Waals surface area contributed by atoms with Crippen LogP contribution in [-0.4, -0.2) is 29.2 Å². The average molecular weight is 333 g/mol. The quantitative estimate of drug-likeness (QED) is 0.668. The Morgan fingerprint density at radius 2 is 2.26 bits per heavy atom. The van der Waals surface area contributed by atoms with Crippen LogP contribution in [0.25, 0.3) is 0 Å². The minimum Gasteiger partial charge on any atom is -0.393 e. The summed E-state index contributed by atoms with van der Waals surface area (Å²) in [6.45, 7) is 2.83. The molecule has 0 radical (unpaired) electrons. The molecule has 19 heavy (non-hydrogen) atoms. The summed E-state index contributed by atoms with van der Waals surface area (Å²) in [7, 11) is 0. The van der Waals surface area contributed by atoms with E-state index in [1.165, 1.54) is 12.1 Å². The maximum Gasteiger partial charge on any atom is 0.293 e. The molecule has 2 rings (SSSR count). The van der Waals surface area contributed by atoms with Gasteiger partial charge in [-0.25, -0.2) is 4.39 Å². The lowest BCUT2D eigenvalue weighted by molar-refractivity contribution is -0.384. The lowest BCUT2D eigenvalue weighted by Gasteiger charge is -2.35. The zero-order valence-electron chi connectivity index (χ0n) is 10.3. The minimum absolute atomic E-state index is 0.0000575. The number of nitro groups is 1. The van der Waals surface area contributed by atoms with Gasteiger partial charge in [0.05, 0.1) is 15.5 Å².